The summed E-state index contributed by atoms with van der Waals surface area (Å²) in [5, 5.41) is 0. The number of rotatable bonds is 3. The minimum Gasteiger partial charge on any atom is -0.424 e. The van der Waals surface area contributed by atoms with E-state index in [0.29, 0.717) is 11.4 Å². The quantitative estimate of drug-likeness (QED) is 0.753. The van der Waals surface area contributed by atoms with Crippen molar-refractivity contribution < 1.29 is 4.42 Å². The number of nitrogen functional groups attached to an aromatic ring is 2. The van der Waals surface area contributed by atoms with Crippen LogP contribution in [0.2, 0.25) is 0 Å². The van der Waals surface area contributed by atoms with Crippen LogP contribution in [0.15, 0.2) is 28.9 Å². The molecule has 1 aliphatic heterocycles. The van der Waals surface area contributed by atoms with E-state index in [-0.39, 0.29) is 17.5 Å². The van der Waals surface area contributed by atoms with Crippen molar-refractivity contribution in [1.82, 2.24) is 15.0 Å². The summed E-state index contributed by atoms with van der Waals surface area (Å²) in [6.07, 6.45) is 3.51. The number of hydrogen-bond acceptors (Lipinski definition) is 7. The maximum absolute atomic E-state index is 6.26. The largest absolute Gasteiger partial charge is 0.424 e. The first kappa shape index (κ1) is 15.7. The standard InChI is InChI=1S/C18H22N6O/c1-4-18(5-2)10(3)24(14-15(18)21-9-22-16(14)19)11-6-7-13-12(8-11)23-17(20)25-13/h6-10H,4-5H2,1-3H3,(H2,20,23)(H2,19,21,22). The van der Waals surface area contributed by atoms with Crippen molar-refractivity contribution in [3.63, 3.8) is 0 Å². The molecule has 2 aromatic heterocycles. The van der Waals surface area contributed by atoms with E-state index in [2.05, 4.69) is 40.6 Å². The molecule has 0 saturated carbocycles. The van der Waals surface area contributed by atoms with E-state index in [1.165, 1.54) is 0 Å². The fourth-order valence-electron chi connectivity index (χ4n) is 4.24. The zero-order valence-corrected chi connectivity index (χ0v) is 14.7. The van der Waals surface area contributed by atoms with Gasteiger partial charge in [-0.2, -0.15) is 4.98 Å². The van der Waals surface area contributed by atoms with E-state index in [1.807, 2.05) is 18.2 Å². The van der Waals surface area contributed by atoms with Crippen LogP contribution < -0.4 is 16.4 Å². The summed E-state index contributed by atoms with van der Waals surface area (Å²) >= 11 is 0. The highest BCUT2D eigenvalue weighted by atomic mass is 16.4. The Balaban J connectivity index is 1.94. The van der Waals surface area contributed by atoms with Crippen molar-refractivity contribution in [3.05, 3.63) is 30.2 Å². The van der Waals surface area contributed by atoms with Crippen LogP contribution in [0, 0.1) is 0 Å². The van der Waals surface area contributed by atoms with Crippen LogP contribution in [0.25, 0.3) is 11.1 Å². The Morgan fingerprint density at radius 1 is 1.20 bits per heavy atom. The lowest BCUT2D eigenvalue weighted by molar-refractivity contribution is 0.347. The highest BCUT2D eigenvalue weighted by Gasteiger charge is 2.49. The van der Waals surface area contributed by atoms with Gasteiger partial charge >= 0.3 is 0 Å². The fourth-order valence-corrected chi connectivity index (χ4v) is 4.24. The Morgan fingerprint density at radius 3 is 2.68 bits per heavy atom. The van der Waals surface area contributed by atoms with Crippen LogP contribution >= 0.6 is 0 Å². The van der Waals surface area contributed by atoms with Gasteiger partial charge in [-0.15, -0.1) is 0 Å². The van der Waals surface area contributed by atoms with Crippen LogP contribution in [0.4, 0.5) is 23.2 Å². The second kappa shape index (κ2) is 5.34. The van der Waals surface area contributed by atoms with Gasteiger partial charge in [-0.3, -0.25) is 0 Å². The Hall–Kier alpha value is -2.83. The molecule has 4 N–H and O–H groups in total. The number of nitrogens with zero attached hydrogens (tertiary/aromatic N) is 4. The first-order chi connectivity index (χ1) is 12.0. The van der Waals surface area contributed by atoms with E-state index in [1.54, 1.807) is 6.33 Å². The fraction of sp³-hybridized carbons (Fsp3) is 0.389. The number of hydrogen-bond donors (Lipinski definition) is 2. The molecule has 0 aliphatic carbocycles. The first-order valence-electron chi connectivity index (χ1n) is 8.58. The smallest absolute Gasteiger partial charge is 0.292 e. The van der Waals surface area contributed by atoms with Crippen LogP contribution in [0.1, 0.15) is 39.3 Å². The topological polar surface area (TPSA) is 107 Å². The Labute approximate surface area is 146 Å². The number of anilines is 4. The van der Waals surface area contributed by atoms with E-state index >= 15 is 0 Å². The van der Waals surface area contributed by atoms with Crippen molar-refractivity contribution in [2.75, 3.05) is 16.4 Å². The number of oxazole rings is 1. The molecule has 7 heteroatoms. The molecule has 1 atom stereocenters. The van der Waals surface area contributed by atoms with Crippen molar-refractivity contribution in [2.45, 2.75) is 45.1 Å². The zero-order valence-electron chi connectivity index (χ0n) is 14.7. The lowest BCUT2D eigenvalue weighted by atomic mass is 9.75. The highest BCUT2D eigenvalue weighted by molar-refractivity contribution is 5.85. The molecule has 0 radical (unpaired) electrons. The molecule has 7 nitrogen and oxygen atoms in total. The van der Waals surface area contributed by atoms with Crippen molar-refractivity contribution in [2.24, 2.45) is 0 Å². The van der Waals surface area contributed by atoms with Gasteiger partial charge in [0.1, 0.15) is 17.5 Å². The number of fused-ring (bicyclic) bond motifs is 2. The average Bonchev–Trinajstić information content (AvgIpc) is 3.09. The normalized spacial score (nSPS) is 18.7. The third-order valence-corrected chi connectivity index (χ3v) is 5.68. The van der Waals surface area contributed by atoms with Gasteiger partial charge in [0.05, 0.1) is 5.69 Å². The van der Waals surface area contributed by atoms with Crippen LogP contribution in [0.3, 0.4) is 0 Å². The third kappa shape index (κ3) is 2.01. The molecule has 4 rings (SSSR count). The van der Waals surface area contributed by atoms with Crippen molar-refractivity contribution in [3.8, 4) is 0 Å². The Bertz CT molecular complexity index is 946. The number of nitrogens with two attached hydrogens (primary N) is 2. The molecule has 1 aromatic carbocycles. The lowest BCUT2D eigenvalue weighted by Gasteiger charge is -2.35. The van der Waals surface area contributed by atoms with Gasteiger partial charge in [-0.05, 0) is 38.0 Å². The Kier molecular flexibility index (Phi) is 3.35. The average molecular weight is 338 g/mol. The van der Waals surface area contributed by atoms with Crippen LogP contribution in [-0.2, 0) is 5.41 Å². The van der Waals surface area contributed by atoms with Gasteiger partial charge in [0.15, 0.2) is 11.4 Å². The highest BCUT2D eigenvalue weighted by Crippen LogP contribution is 2.53. The van der Waals surface area contributed by atoms with Gasteiger partial charge in [0, 0.05) is 17.1 Å². The maximum Gasteiger partial charge on any atom is 0.292 e. The molecular formula is C18H22N6O. The second-order valence-corrected chi connectivity index (χ2v) is 6.57. The summed E-state index contributed by atoms with van der Waals surface area (Å²) in [6.45, 7) is 6.62. The molecule has 0 saturated heterocycles. The first-order valence-corrected chi connectivity index (χ1v) is 8.58. The minimum atomic E-state index is -0.0653. The summed E-state index contributed by atoms with van der Waals surface area (Å²) in [5.74, 6) is 0.500. The molecule has 1 unspecified atom stereocenters. The SMILES string of the molecule is CCC1(CC)c2ncnc(N)c2N(c2ccc3oc(N)nc3c2)C1C. The molecule has 0 amide bonds. The van der Waals surface area contributed by atoms with Crippen molar-refractivity contribution >= 4 is 34.3 Å². The lowest BCUT2D eigenvalue weighted by Crippen LogP contribution is -2.40. The van der Waals surface area contributed by atoms with Crippen molar-refractivity contribution in [1.29, 1.82) is 0 Å². The minimum absolute atomic E-state index is 0.0653. The van der Waals surface area contributed by atoms with Gasteiger partial charge in [-0.25, -0.2) is 9.97 Å². The molecule has 3 heterocycles. The predicted molar refractivity (Wildman–Crippen MR) is 98.7 cm³/mol. The summed E-state index contributed by atoms with van der Waals surface area (Å²) in [6, 6.07) is 6.22. The van der Waals surface area contributed by atoms with E-state index in [4.69, 9.17) is 15.9 Å². The third-order valence-electron chi connectivity index (χ3n) is 5.68. The summed E-state index contributed by atoms with van der Waals surface area (Å²) in [5.41, 5.74) is 16.2. The van der Waals surface area contributed by atoms with E-state index in [0.717, 1.165) is 35.4 Å². The summed E-state index contributed by atoms with van der Waals surface area (Å²) in [4.78, 5) is 15.3. The zero-order chi connectivity index (χ0) is 17.8. The van der Waals surface area contributed by atoms with Crippen LogP contribution in [-0.4, -0.2) is 21.0 Å². The molecule has 25 heavy (non-hydrogen) atoms. The molecule has 3 aromatic rings. The van der Waals surface area contributed by atoms with Gasteiger partial charge in [-0.1, -0.05) is 13.8 Å². The summed E-state index contributed by atoms with van der Waals surface area (Å²) in [7, 11) is 0. The van der Waals surface area contributed by atoms with E-state index < -0.39 is 0 Å². The van der Waals surface area contributed by atoms with Gasteiger partial charge in [0.2, 0.25) is 0 Å². The monoisotopic (exact) mass is 338 g/mol. The van der Waals surface area contributed by atoms with Gasteiger partial charge in [0.25, 0.3) is 6.01 Å². The molecule has 0 bridgehead atoms. The van der Waals surface area contributed by atoms with E-state index in [9.17, 15) is 0 Å². The molecule has 0 fully saturated rings. The molecule has 130 valence electrons. The molecular weight excluding hydrogens is 316 g/mol. The number of aromatic nitrogens is 3. The maximum atomic E-state index is 6.26. The van der Waals surface area contributed by atoms with Gasteiger partial charge < -0.3 is 20.8 Å². The van der Waals surface area contributed by atoms with Crippen LogP contribution in [0.5, 0.6) is 0 Å². The number of benzene rings is 1. The Morgan fingerprint density at radius 2 is 1.96 bits per heavy atom. The predicted octanol–water partition coefficient (Wildman–Crippen LogP) is 3.38. The molecule has 1 aliphatic rings. The summed E-state index contributed by atoms with van der Waals surface area (Å²) < 4.78 is 5.39. The second-order valence-electron chi connectivity index (χ2n) is 6.57. The molecule has 0 spiro atoms.